The van der Waals surface area contributed by atoms with Gasteiger partial charge in [-0.15, -0.1) is 0 Å². The van der Waals surface area contributed by atoms with Gasteiger partial charge in [-0.2, -0.15) is 26.3 Å². The molecule has 0 saturated carbocycles. The largest absolute Gasteiger partial charge is 0.453 e. The number of ether oxygens (including phenoxy) is 1. The maximum absolute atomic E-state index is 14.0. The molecule has 0 aliphatic carbocycles. The molecule has 2 N–H and O–H groups in total. The number of nitrogens with one attached hydrogen (secondary N) is 2. The Morgan fingerprint density at radius 1 is 0.879 bits per heavy atom. The molecule has 33 heavy (non-hydrogen) atoms. The Hall–Kier alpha value is -3.90. The summed E-state index contributed by atoms with van der Waals surface area (Å²) < 4.78 is 113. The van der Waals surface area contributed by atoms with Crippen LogP contribution < -0.4 is 15.6 Å². The van der Waals surface area contributed by atoms with Gasteiger partial charge in [0.2, 0.25) is 5.56 Å². The van der Waals surface area contributed by atoms with Crippen molar-refractivity contribution in [2.24, 2.45) is 0 Å². The molecule has 0 aliphatic rings. The Labute approximate surface area is 178 Å². The summed E-state index contributed by atoms with van der Waals surface area (Å²) in [5, 5.41) is 1.95. The Morgan fingerprint density at radius 3 is 2.15 bits per heavy atom. The molecule has 0 fully saturated rings. The first-order chi connectivity index (χ1) is 15.3. The predicted octanol–water partition coefficient (Wildman–Crippen LogP) is 5.74. The maximum atomic E-state index is 14.0. The van der Waals surface area contributed by atoms with Gasteiger partial charge in [-0.1, -0.05) is 0 Å². The SMILES string of the molecule is O=C(Nc1cc[nH]c(=O)c1)c1c(Oc2ccc(F)cc2F)cc(C(F)(F)F)cc1C(F)(F)F. The lowest BCUT2D eigenvalue weighted by molar-refractivity contribution is -0.143. The third-order valence-corrected chi connectivity index (χ3v) is 4.11. The molecule has 174 valence electrons. The number of carbonyl (C=O) groups is 1. The quantitative estimate of drug-likeness (QED) is 0.471. The summed E-state index contributed by atoms with van der Waals surface area (Å²) in [7, 11) is 0. The van der Waals surface area contributed by atoms with Crippen LogP contribution in [-0.4, -0.2) is 10.9 Å². The molecule has 5 nitrogen and oxygen atoms in total. The minimum atomic E-state index is -5.47. The van der Waals surface area contributed by atoms with E-state index in [0.717, 1.165) is 18.3 Å². The summed E-state index contributed by atoms with van der Waals surface area (Å²) in [6, 6.07) is 3.21. The number of aromatic nitrogens is 1. The Morgan fingerprint density at radius 2 is 1.58 bits per heavy atom. The molecule has 0 radical (unpaired) electrons. The summed E-state index contributed by atoms with van der Waals surface area (Å²) in [6.07, 6.45) is -9.70. The van der Waals surface area contributed by atoms with E-state index in [1.54, 1.807) is 0 Å². The van der Waals surface area contributed by atoms with Gasteiger partial charge >= 0.3 is 12.4 Å². The first kappa shape index (κ1) is 23.8. The molecule has 0 unspecified atom stereocenters. The fourth-order valence-corrected chi connectivity index (χ4v) is 2.71. The Kier molecular flexibility index (Phi) is 6.16. The molecular formula is C20H10F8N2O3. The number of benzene rings is 2. The van der Waals surface area contributed by atoms with E-state index in [4.69, 9.17) is 4.74 Å². The second-order valence-corrected chi connectivity index (χ2v) is 6.46. The van der Waals surface area contributed by atoms with Crippen LogP contribution in [0.5, 0.6) is 11.5 Å². The molecule has 0 atom stereocenters. The highest BCUT2D eigenvalue weighted by atomic mass is 19.4. The smallest absolute Gasteiger partial charge is 0.417 e. The number of hydrogen-bond acceptors (Lipinski definition) is 3. The normalized spacial score (nSPS) is 11.9. The summed E-state index contributed by atoms with van der Waals surface area (Å²) in [5.41, 5.74) is -6.30. The van der Waals surface area contributed by atoms with Crippen LogP contribution >= 0.6 is 0 Å². The zero-order valence-corrected chi connectivity index (χ0v) is 15.9. The lowest BCUT2D eigenvalue weighted by Gasteiger charge is -2.20. The van der Waals surface area contributed by atoms with Gasteiger partial charge in [0.25, 0.3) is 5.91 Å². The number of rotatable bonds is 4. The standard InChI is InChI=1S/C20H10F8N2O3/c21-10-1-2-14(13(22)7-10)33-15-6-9(19(23,24)25)5-12(20(26,27)28)17(15)18(32)30-11-3-4-29-16(31)8-11/h1-8H,(H2,29,30,31,32). The minimum Gasteiger partial charge on any atom is -0.453 e. The van der Waals surface area contributed by atoms with E-state index in [-0.39, 0.29) is 23.9 Å². The van der Waals surface area contributed by atoms with Crippen LogP contribution in [-0.2, 0) is 12.4 Å². The van der Waals surface area contributed by atoms with Crippen molar-refractivity contribution in [2.45, 2.75) is 12.4 Å². The van der Waals surface area contributed by atoms with Crippen LogP contribution in [0.25, 0.3) is 0 Å². The third kappa shape index (κ3) is 5.48. The van der Waals surface area contributed by atoms with Crippen molar-refractivity contribution in [1.82, 2.24) is 4.98 Å². The molecule has 0 bridgehead atoms. The van der Waals surface area contributed by atoms with Crippen LogP contribution in [0.3, 0.4) is 0 Å². The maximum Gasteiger partial charge on any atom is 0.417 e. The number of H-pyrrole nitrogens is 1. The highest BCUT2D eigenvalue weighted by Crippen LogP contribution is 2.43. The fraction of sp³-hybridized carbons (Fsp3) is 0.100. The van der Waals surface area contributed by atoms with Crippen molar-refractivity contribution in [3.05, 3.63) is 87.3 Å². The van der Waals surface area contributed by atoms with Gasteiger partial charge in [-0.25, -0.2) is 8.78 Å². The van der Waals surface area contributed by atoms with Crippen LogP contribution in [0.4, 0.5) is 40.8 Å². The topological polar surface area (TPSA) is 71.2 Å². The summed E-state index contributed by atoms with van der Waals surface area (Å²) >= 11 is 0. The van der Waals surface area contributed by atoms with Crippen molar-refractivity contribution in [3.8, 4) is 11.5 Å². The molecule has 0 aliphatic heterocycles. The number of halogens is 8. The molecule has 1 aromatic heterocycles. The molecule has 0 saturated heterocycles. The Bertz CT molecular complexity index is 1270. The first-order valence-corrected chi connectivity index (χ1v) is 8.71. The van der Waals surface area contributed by atoms with E-state index in [0.29, 0.717) is 12.1 Å². The molecule has 0 spiro atoms. The van der Waals surface area contributed by atoms with Crippen LogP contribution in [0.15, 0.2) is 53.5 Å². The molecular weight excluding hydrogens is 468 g/mol. The van der Waals surface area contributed by atoms with E-state index < -0.39 is 63.6 Å². The number of aromatic amines is 1. The zero-order chi connectivity index (χ0) is 24.6. The van der Waals surface area contributed by atoms with Crippen LogP contribution in [0, 0.1) is 11.6 Å². The number of amides is 1. The number of pyridine rings is 1. The molecule has 3 aromatic rings. The van der Waals surface area contributed by atoms with E-state index in [1.165, 1.54) is 0 Å². The summed E-state index contributed by atoms with van der Waals surface area (Å²) in [4.78, 5) is 26.2. The van der Waals surface area contributed by atoms with Crippen LogP contribution in [0.1, 0.15) is 21.5 Å². The molecule has 1 amide bonds. The van der Waals surface area contributed by atoms with E-state index >= 15 is 0 Å². The second kappa shape index (κ2) is 8.56. The van der Waals surface area contributed by atoms with Gasteiger partial charge in [0.05, 0.1) is 16.7 Å². The van der Waals surface area contributed by atoms with Crippen molar-refractivity contribution >= 4 is 11.6 Å². The van der Waals surface area contributed by atoms with Gasteiger partial charge < -0.3 is 15.0 Å². The predicted molar refractivity (Wildman–Crippen MR) is 97.9 cm³/mol. The van der Waals surface area contributed by atoms with Crippen LogP contribution in [0.2, 0.25) is 0 Å². The van der Waals surface area contributed by atoms with E-state index in [9.17, 15) is 44.7 Å². The van der Waals surface area contributed by atoms with Gasteiger partial charge in [-0.3, -0.25) is 9.59 Å². The van der Waals surface area contributed by atoms with E-state index in [1.807, 2.05) is 5.32 Å². The Balaban J connectivity index is 2.22. The number of anilines is 1. The minimum absolute atomic E-state index is 0.0742. The highest BCUT2D eigenvalue weighted by Gasteiger charge is 2.42. The first-order valence-electron chi connectivity index (χ1n) is 8.71. The third-order valence-electron chi connectivity index (χ3n) is 4.11. The lowest BCUT2D eigenvalue weighted by Crippen LogP contribution is -2.22. The summed E-state index contributed by atoms with van der Waals surface area (Å²) in [6.45, 7) is 0. The zero-order valence-electron chi connectivity index (χ0n) is 15.9. The van der Waals surface area contributed by atoms with Crippen molar-refractivity contribution < 1.29 is 44.7 Å². The molecule has 3 rings (SSSR count). The average Bonchev–Trinajstić information content (AvgIpc) is 2.68. The van der Waals surface area contributed by atoms with Gasteiger partial charge in [0.15, 0.2) is 11.6 Å². The monoisotopic (exact) mass is 478 g/mol. The lowest BCUT2D eigenvalue weighted by atomic mass is 10.0. The number of carbonyl (C=O) groups excluding carboxylic acids is 1. The average molecular weight is 478 g/mol. The fourth-order valence-electron chi connectivity index (χ4n) is 2.71. The van der Waals surface area contributed by atoms with Gasteiger partial charge in [0.1, 0.15) is 11.6 Å². The van der Waals surface area contributed by atoms with Crippen molar-refractivity contribution in [3.63, 3.8) is 0 Å². The van der Waals surface area contributed by atoms with Crippen molar-refractivity contribution in [1.29, 1.82) is 0 Å². The summed E-state index contributed by atoms with van der Waals surface area (Å²) in [5.74, 6) is -6.37. The molecule has 2 aromatic carbocycles. The number of hydrogen-bond donors (Lipinski definition) is 2. The molecule has 13 heteroatoms. The van der Waals surface area contributed by atoms with Gasteiger partial charge in [0, 0.05) is 24.0 Å². The van der Waals surface area contributed by atoms with Crippen molar-refractivity contribution in [2.75, 3.05) is 5.32 Å². The van der Waals surface area contributed by atoms with E-state index in [2.05, 4.69) is 4.98 Å². The molecule has 1 heterocycles. The second-order valence-electron chi connectivity index (χ2n) is 6.46. The highest BCUT2D eigenvalue weighted by molar-refractivity contribution is 6.07. The van der Waals surface area contributed by atoms with Gasteiger partial charge in [-0.05, 0) is 30.3 Å². The number of alkyl halides is 6.